The molecule has 1 aliphatic heterocycles. The molecule has 128 valence electrons. The van der Waals surface area contributed by atoms with E-state index in [9.17, 15) is 9.59 Å². The van der Waals surface area contributed by atoms with E-state index in [1.165, 1.54) is 17.4 Å². The van der Waals surface area contributed by atoms with Crippen molar-refractivity contribution in [3.05, 3.63) is 31.4 Å². The first-order chi connectivity index (χ1) is 11.5. The number of anilines is 1. The maximum Gasteiger partial charge on any atom is 0.289 e. The molecule has 0 bridgehead atoms. The van der Waals surface area contributed by atoms with Crippen LogP contribution in [-0.2, 0) is 4.74 Å². The molecule has 0 radical (unpaired) electrons. The number of hydrogen-bond acceptors (Lipinski definition) is 7. The van der Waals surface area contributed by atoms with E-state index in [0.29, 0.717) is 17.6 Å². The maximum atomic E-state index is 12.1. The number of amides is 2. The lowest BCUT2D eigenvalue weighted by Crippen LogP contribution is -2.41. The molecule has 0 saturated carbocycles. The van der Waals surface area contributed by atoms with E-state index in [1.54, 1.807) is 5.38 Å². The van der Waals surface area contributed by atoms with Gasteiger partial charge in [0.05, 0.1) is 23.1 Å². The Hall–Kier alpha value is -1.39. The van der Waals surface area contributed by atoms with Crippen LogP contribution in [0.15, 0.2) is 11.4 Å². The van der Waals surface area contributed by atoms with E-state index < -0.39 is 11.8 Å². The Morgan fingerprint density at radius 3 is 2.58 bits per heavy atom. The van der Waals surface area contributed by atoms with Crippen LogP contribution in [0.3, 0.4) is 0 Å². The molecule has 1 saturated heterocycles. The highest BCUT2D eigenvalue weighted by Crippen LogP contribution is 2.30. The van der Waals surface area contributed by atoms with Crippen molar-refractivity contribution in [2.75, 3.05) is 31.2 Å². The summed E-state index contributed by atoms with van der Waals surface area (Å²) in [5.41, 5.74) is 5.05. The topological polar surface area (TPSA) is 83.6 Å². The number of nitrogens with one attached hydrogen (secondary N) is 2. The summed E-state index contributed by atoms with van der Waals surface area (Å²) in [4.78, 5) is 30.4. The van der Waals surface area contributed by atoms with Crippen LogP contribution in [0.5, 0.6) is 0 Å². The summed E-state index contributed by atoms with van der Waals surface area (Å²) in [7, 11) is 0. The molecule has 2 N–H and O–H groups in total. The van der Waals surface area contributed by atoms with Gasteiger partial charge in [0.1, 0.15) is 10.0 Å². The van der Waals surface area contributed by atoms with Crippen LogP contribution in [0.4, 0.5) is 5.13 Å². The van der Waals surface area contributed by atoms with Crippen molar-refractivity contribution in [1.29, 1.82) is 0 Å². The van der Waals surface area contributed by atoms with Crippen molar-refractivity contribution in [3.8, 4) is 0 Å². The summed E-state index contributed by atoms with van der Waals surface area (Å²) >= 11 is 14.1. The van der Waals surface area contributed by atoms with Gasteiger partial charge < -0.3 is 9.64 Å². The summed E-state index contributed by atoms with van der Waals surface area (Å²) in [6.07, 6.45) is 0. The van der Waals surface area contributed by atoms with Crippen LogP contribution in [0.1, 0.15) is 20.8 Å². The summed E-state index contributed by atoms with van der Waals surface area (Å²) in [6, 6.07) is 1.44. The Bertz CT molecular complexity index is 758. The van der Waals surface area contributed by atoms with E-state index in [-0.39, 0.29) is 15.6 Å². The highest BCUT2D eigenvalue weighted by Gasteiger charge is 2.19. The summed E-state index contributed by atoms with van der Waals surface area (Å²) in [5, 5.41) is 2.39. The third kappa shape index (κ3) is 3.98. The number of thiophene rings is 1. The lowest BCUT2D eigenvalue weighted by molar-refractivity contribution is 0.0844. The maximum absolute atomic E-state index is 12.1. The van der Waals surface area contributed by atoms with Crippen LogP contribution in [0, 0.1) is 0 Å². The molecule has 11 heteroatoms. The van der Waals surface area contributed by atoms with Gasteiger partial charge in [0, 0.05) is 18.5 Å². The molecule has 24 heavy (non-hydrogen) atoms. The monoisotopic (exact) mass is 406 g/mol. The van der Waals surface area contributed by atoms with E-state index in [2.05, 4.69) is 20.7 Å². The molecule has 0 atom stereocenters. The van der Waals surface area contributed by atoms with Crippen molar-refractivity contribution in [2.45, 2.75) is 0 Å². The highest BCUT2D eigenvalue weighted by molar-refractivity contribution is 7.20. The SMILES string of the molecule is O=C(NNC(=O)c1cc(Cl)sc1Cl)c1csc(N2CCOCC2)n1. The Morgan fingerprint density at radius 1 is 1.21 bits per heavy atom. The number of hydrazine groups is 1. The Labute approximate surface area is 155 Å². The van der Waals surface area contributed by atoms with Crippen molar-refractivity contribution in [3.63, 3.8) is 0 Å². The minimum Gasteiger partial charge on any atom is -0.378 e. The molecule has 2 amide bonds. The van der Waals surface area contributed by atoms with Crippen LogP contribution < -0.4 is 15.8 Å². The van der Waals surface area contributed by atoms with Gasteiger partial charge >= 0.3 is 0 Å². The second-order valence-electron chi connectivity index (χ2n) is 4.76. The van der Waals surface area contributed by atoms with Gasteiger partial charge in [0.2, 0.25) is 0 Å². The van der Waals surface area contributed by atoms with Crippen LogP contribution in [0.25, 0.3) is 0 Å². The second kappa shape index (κ2) is 7.66. The van der Waals surface area contributed by atoms with Gasteiger partial charge in [-0.3, -0.25) is 20.4 Å². The molecule has 3 rings (SSSR count). The Morgan fingerprint density at radius 2 is 1.92 bits per heavy atom. The molecule has 1 aliphatic rings. The average molecular weight is 407 g/mol. The molecule has 2 aromatic rings. The van der Waals surface area contributed by atoms with Crippen molar-refractivity contribution in [1.82, 2.24) is 15.8 Å². The third-order valence-electron chi connectivity index (χ3n) is 3.20. The fraction of sp³-hybridized carbons (Fsp3) is 0.308. The van der Waals surface area contributed by atoms with Gasteiger partial charge in [0.25, 0.3) is 11.8 Å². The summed E-state index contributed by atoms with van der Waals surface area (Å²) < 4.78 is 5.94. The van der Waals surface area contributed by atoms with Gasteiger partial charge in [-0.1, -0.05) is 23.2 Å². The lowest BCUT2D eigenvalue weighted by Gasteiger charge is -2.25. The van der Waals surface area contributed by atoms with Crippen molar-refractivity contribution >= 4 is 62.8 Å². The molecule has 3 heterocycles. The second-order valence-corrected chi connectivity index (χ2v) is 7.88. The van der Waals surface area contributed by atoms with E-state index >= 15 is 0 Å². The number of aromatic nitrogens is 1. The van der Waals surface area contributed by atoms with E-state index in [0.717, 1.165) is 29.6 Å². The highest BCUT2D eigenvalue weighted by atomic mass is 35.5. The first-order valence-electron chi connectivity index (χ1n) is 6.88. The fourth-order valence-electron chi connectivity index (χ4n) is 2.01. The van der Waals surface area contributed by atoms with Gasteiger partial charge in [-0.25, -0.2) is 4.98 Å². The number of carbonyl (C=O) groups is 2. The summed E-state index contributed by atoms with van der Waals surface area (Å²) in [6.45, 7) is 2.76. The van der Waals surface area contributed by atoms with Crippen LogP contribution in [0.2, 0.25) is 8.67 Å². The molecular weight excluding hydrogens is 395 g/mol. The minimum absolute atomic E-state index is 0.208. The molecular formula is C13H12Cl2N4O3S2. The molecule has 0 unspecified atom stereocenters. The molecule has 7 nitrogen and oxygen atoms in total. The number of hydrogen-bond donors (Lipinski definition) is 2. The van der Waals surface area contributed by atoms with Gasteiger partial charge in [-0.15, -0.1) is 22.7 Å². The Balaban J connectivity index is 1.58. The first-order valence-corrected chi connectivity index (χ1v) is 9.33. The number of nitrogens with zero attached hydrogens (tertiary/aromatic N) is 2. The molecule has 2 aromatic heterocycles. The van der Waals surface area contributed by atoms with E-state index in [1.807, 2.05) is 0 Å². The zero-order valence-electron chi connectivity index (χ0n) is 12.2. The largest absolute Gasteiger partial charge is 0.378 e. The quantitative estimate of drug-likeness (QED) is 0.764. The fourth-order valence-corrected chi connectivity index (χ4v) is 4.33. The first kappa shape index (κ1) is 17.4. The molecule has 1 fully saturated rings. The smallest absolute Gasteiger partial charge is 0.289 e. The number of ether oxygens (including phenoxy) is 1. The molecule has 0 aliphatic carbocycles. The standard InChI is InChI=1S/C13H12Cl2N4O3S2/c14-9-5-7(10(15)24-9)11(20)17-18-12(21)8-6-23-13(16-8)19-1-3-22-4-2-19/h5-6H,1-4H2,(H,17,20)(H,18,21). The number of morpholine rings is 1. The average Bonchev–Trinajstić information content (AvgIpc) is 3.20. The normalized spacial score (nSPS) is 14.5. The van der Waals surface area contributed by atoms with Crippen molar-refractivity contribution < 1.29 is 14.3 Å². The van der Waals surface area contributed by atoms with Gasteiger partial charge in [-0.2, -0.15) is 0 Å². The number of carbonyl (C=O) groups excluding carboxylic acids is 2. The third-order valence-corrected chi connectivity index (χ3v) is 5.59. The number of halogens is 2. The van der Waals surface area contributed by atoms with Gasteiger partial charge in [-0.05, 0) is 6.07 Å². The molecule has 0 spiro atoms. The van der Waals surface area contributed by atoms with Crippen LogP contribution in [-0.4, -0.2) is 43.1 Å². The van der Waals surface area contributed by atoms with Gasteiger partial charge in [0.15, 0.2) is 5.13 Å². The zero-order chi connectivity index (χ0) is 17.1. The minimum atomic E-state index is -0.542. The van der Waals surface area contributed by atoms with E-state index in [4.69, 9.17) is 27.9 Å². The lowest BCUT2D eigenvalue weighted by atomic mass is 10.3. The molecule has 0 aromatic carbocycles. The van der Waals surface area contributed by atoms with Crippen molar-refractivity contribution in [2.24, 2.45) is 0 Å². The van der Waals surface area contributed by atoms with Crippen LogP contribution >= 0.6 is 45.9 Å². The number of rotatable bonds is 3. The Kier molecular flexibility index (Phi) is 5.57. The summed E-state index contributed by atoms with van der Waals surface area (Å²) in [5.74, 6) is -1.04. The predicted octanol–water partition coefficient (Wildman–Crippen LogP) is 2.42. The number of thiazole rings is 1. The zero-order valence-corrected chi connectivity index (χ0v) is 15.3. The predicted molar refractivity (Wildman–Crippen MR) is 94.4 cm³/mol.